The number of fused-ring (bicyclic) bond motifs is 1. The standard InChI is InChI=1S/C16H16N2O3/c1-20-13-5-2-6-14(8-13)21-11-16(19)18-9-12-4-3-7-17-15(12)10-18/h2-8H,9-11H2,1H3. The van der Waals surface area contributed by atoms with Gasteiger partial charge >= 0.3 is 0 Å². The highest BCUT2D eigenvalue weighted by Gasteiger charge is 2.24. The minimum absolute atomic E-state index is 0.0150. The topological polar surface area (TPSA) is 51.7 Å². The molecule has 1 aliphatic rings. The average molecular weight is 284 g/mol. The van der Waals surface area contributed by atoms with Crippen molar-refractivity contribution in [3.8, 4) is 11.5 Å². The molecule has 0 fully saturated rings. The lowest BCUT2D eigenvalue weighted by Crippen LogP contribution is -2.30. The fraction of sp³-hybridized carbons (Fsp3) is 0.250. The third-order valence-corrected chi connectivity index (χ3v) is 3.44. The molecule has 0 saturated heterocycles. The maximum absolute atomic E-state index is 12.2. The highest BCUT2D eigenvalue weighted by atomic mass is 16.5. The zero-order valence-corrected chi connectivity index (χ0v) is 11.8. The van der Waals surface area contributed by atoms with Gasteiger partial charge in [0.2, 0.25) is 0 Å². The Morgan fingerprint density at radius 2 is 2.10 bits per heavy atom. The molecule has 21 heavy (non-hydrogen) atoms. The van der Waals surface area contributed by atoms with Crippen molar-refractivity contribution >= 4 is 5.91 Å². The molecule has 0 atom stereocenters. The van der Waals surface area contributed by atoms with Crippen LogP contribution in [0.3, 0.4) is 0 Å². The number of pyridine rings is 1. The Morgan fingerprint density at radius 1 is 1.24 bits per heavy atom. The number of rotatable bonds is 4. The van der Waals surface area contributed by atoms with E-state index in [1.807, 2.05) is 24.3 Å². The van der Waals surface area contributed by atoms with E-state index in [0.717, 1.165) is 11.3 Å². The zero-order chi connectivity index (χ0) is 14.7. The van der Waals surface area contributed by atoms with E-state index < -0.39 is 0 Å². The van der Waals surface area contributed by atoms with Crippen LogP contribution in [-0.2, 0) is 17.9 Å². The van der Waals surface area contributed by atoms with Crippen LogP contribution in [0.1, 0.15) is 11.3 Å². The lowest BCUT2D eigenvalue weighted by Gasteiger charge is -2.15. The Morgan fingerprint density at radius 3 is 2.90 bits per heavy atom. The fourth-order valence-electron chi connectivity index (χ4n) is 2.30. The molecule has 2 aromatic rings. The summed E-state index contributed by atoms with van der Waals surface area (Å²) in [5.74, 6) is 1.28. The molecule has 1 aromatic heterocycles. The van der Waals surface area contributed by atoms with Crippen molar-refractivity contribution in [3.05, 3.63) is 53.9 Å². The molecule has 2 heterocycles. The number of ether oxygens (including phenoxy) is 2. The van der Waals surface area contributed by atoms with Crippen molar-refractivity contribution in [2.75, 3.05) is 13.7 Å². The van der Waals surface area contributed by atoms with Gasteiger partial charge in [0.15, 0.2) is 6.61 Å². The molecule has 0 spiro atoms. The third-order valence-electron chi connectivity index (χ3n) is 3.44. The largest absolute Gasteiger partial charge is 0.497 e. The maximum atomic E-state index is 12.2. The van der Waals surface area contributed by atoms with Crippen LogP contribution in [0.25, 0.3) is 0 Å². The summed E-state index contributed by atoms with van der Waals surface area (Å²) in [6.45, 7) is 1.17. The van der Waals surface area contributed by atoms with Crippen molar-refractivity contribution in [1.82, 2.24) is 9.88 Å². The van der Waals surface area contributed by atoms with Crippen molar-refractivity contribution in [3.63, 3.8) is 0 Å². The second-order valence-corrected chi connectivity index (χ2v) is 4.83. The van der Waals surface area contributed by atoms with Gasteiger partial charge < -0.3 is 14.4 Å². The monoisotopic (exact) mass is 284 g/mol. The molecule has 0 N–H and O–H groups in total. The first kappa shape index (κ1) is 13.4. The quantitative estimate of drug-likeness (QED) is 0.862. The molecule has 0 saturated carbocycles. The summed E-state index contributed by atoms with van der Waals surface area (Å²) in [7, 11) is 1.60. The number of hydrogen-bond acceptors (Lipinski definition) is 4. The molecule has 1 aliphatic heterocycles. The van der Waals surface area contributed by atoms with E-state index in [4.69, 9.17) is 9.47 Å². The van der Waals surface area contributed by atoms with Gasteiger partial charge in [0.05, 0.1) is 19.3 Å². The summed E-state index contributed by atoms with van der Waals surface area (Å²) < 4.78 is 10.7. The van der Waals surface area contributed by atoms with Gasteiger partial charge in [-0.15, -0.1) is 0 Å². The van der Waals surface area contributed by atoms with E-state index in [9.17, 15) is 4.79 Å². The van der Waals surface area contributed by atoms with E-state index in [0.29, 0.717) is 24.6 Å². The van der Waals surface area contributed by atoms with E-state index in [1.54, 1.807) is 30.3 Å². The number of methoxy groups -OCH3 is 1. The number of benzene rings is 1. The van der Waals surface area contributed by atoms with Gasteiger partial charge in [0.1, 0.15) is 11.5 Å². The SMILES string of the molecule is COc1cccc(OCC(=O)N2Cc3cccnc3C2)c1. The van der Waals surface area contributed by atoms with Gasteiger partial charge in [-0.3, -0.25) is 9.78 Å². The fourth-order valence-corrected chi connectivity index (χ4v) is 2.30. The summed E-state index contributed by atoms with van der Waals surface area (Å²) in [5.41, 5.74) is 2.07. The number of aromatic nitrogens is 1. The summed E-state index contributed by atoms with van der Waals surface area (Å²) in [5, 5.41) is 0. The highest BCUT2D eigenvalue weighted by Crippen LogP contribution is 2.21. The summed E-state index contributed by atoms with van der Waals surface area (Å²) in [6, 6.07) is 11.1. The lowest BCUT2D eigenvalue weighted by atomic mass is 10.2. The number of amides is 1. The van der Waals surface area contributed by atoms with Crippen molar-refractivity contribution in [2.45, 2.75) is 13.1 Å². The Kier molecular flexibility index (Phi) is 3.73. The van der Waals surface area contributed by atoms with E-state index in [2.05, 4.69) is 4.98 Å². The molecule has 1 aromatic carbocycles. The van der Waals surface area contributed by atoms with E-state index in [1.165, 1.54) is 0 Å². The van der Waals surface area contributed by atoms with Crippen LogP contribution in [0.2, 0.25) is 0 Å². The summed E-state index contributed by atoms with van der Waals surface area (Å²) >= 11 is 0. The van der Waals surface area contributed by atoms with Crippen LogP contribution in [-0.4, -0.2) is 29.5 Å². The molecule has 0 radical (unpaired) electrons. The second-order valence-electron chi connectivity index (χ2n) is 4.83. The predicted octanol–water partition coefficient (Wildman–Crippen LogP) is 2.01. The number of hydrogen-bond donors (Lipinski definition) is 0. The molecule has 5 heteroatoms. The lowest BCUT2D eigenvalue weighted by molar-refractivity contribution is -0.134. The van der Waals surface area contributed by atoms with Crippen LogP contribution >= 0.6 is 0 Å². The maximum Gasteiger partial charge on any atom is 0.261 e. The van der Waals surface area contributed by atoms with Gasteiger partial charge in [-0.25, -0.2) is 0 Å². The number of carbonyl (C=O) groups excluding carboxylic acids is 1. The Hall–Kier alpha value is -2.56. The molecular weight excluding hydrogens is 268 g/mol. The van der Waals surface area contributed by atoms with Gasteiger partial charge in [0, 0.05) is 18.8 Å². The summed E-state index contributed by atoms with van der Waals surface area (Å²) in [6.07, 6.45) is 1.75. The van der Waals surface area contributed by atoms with Crippen LogP contribution < -0.4 is 9.47 Å². The molecule has 0 unspecified atom stereocenters. The summed E-state index contributed by atoms with van der Waals surface area (Å²) in [4.78, 5) is 18.2. The molecular formula is C16H16N2O3. The normalized spacial score (nSPS) is 12.9. The van der Waals surface area contributed by atoms with E-state index in [-0.39, 0.29) is 12.5 Å². The van der Waals surface area contributed by atoms with Crippen LogP contribution in [0.4, 0.5) is 0 Å². The van der Waals surface area contributed by atoms with Crippen molar-refractivity contribution in [2.24, 2.45) is 0 Å². The smallest absolute Gasteiger partial charge is 0.261 e. The second kappa shape index (κ2) is 5.83. The van der Waals surface area contributed by atoms with Crippen molar-refractivity contribution < 1.29 is 14.3 Å². The predicted molar refractivity (Wildman–Crippen MR) is 77.0 cm³/mol. The Labute approximate surface area is 123 Å². The number of carbonyl (C=O) groups is 1. The zero-order valence-electron chi connectivity index (χ0n) is 11.8. The highest BCUT2D eigenvalue weighted by molar-refractivity contribution is 5.78. The molecule has 0 aliphatic carbocycles. The molecule has 1 amide bonds. The van der Waals surface area contributed by atoms with Crippen molar-refractivity contribution in [1.29, 1.82) is 0 Å². The molecule has 3 rings (SSSR count). The average Bonchev–Trinajstić information content (AvgIpc) is 2.97. The van der Waals surface area contributed by atoms with Crippen LogP contribution in [0, 0.1) is 0 Å². The van der Waals surface area contributed by atoms with E-state index >= 15 is 0 Å². The Balaban J connectivity index is 1.58. The minimum Gasteiger partial charge on any atom is -0.497 e. The van der Waals surface area contributed by atoms with Crippen LogP contribution in [0.15, 0.2) is 42.6 Å². The van der Waals surface area contributed by atoms with Gasteiger partial charge in [-0.05, 0) is 23.8 Å². The first-order valence-electron chi connectivity index (χ1n) is 6.73. The third kappa shape index (κ3) is 2.97. The first-order valence-corrected chi connectivity index (χ1v) is 6.73. The van der Waals surface area contributed by atoms with Crippen LogP contribution in [0.5, 0.6) is 11.5 Å². The number of nitrogens with zero attached hydrogens (tertiary/aromatic N) is 2. The first-order chi connectivity index (χ1) is 10.3. The van der Waals surface area contributed by atoms with Gasteiger partial charge in [-0.2, -0.15) is 0 Å². The molecule has 108 valence electrons. The molecule has 5 nitrogen and oxygen atoms in total. The van der Waals surface area contributed by atoms with Gasteiger partial charge in [0.25, 0.3) is 5.91 Å². The molecule has 0 bridgehead atoms. The van der Waals surface area contributed by atoms with Gasteiger partial charge in [-0.1, -0.05) is 12.1 Å². The minimum atomic E-state index is -0.0455. The Bertz CT molecular complexity index is 632.